The number of carbonyl (C=O) groups is 1. The van der Waals surface area contributed by atoms with Gasteiger partial charge >= 0.3 is 0 Å². The fourth-order valence-electron chi connectivity index (χ4n) is 1.61. The van der Waals surface area contributed by atoms with Crippen molar-refractivity contribution in [3.63, 3.8) is 0 Å². The van der Waals surface area contributed by atoms with Crippen LogP contribution in [0.15, 0.2) is 0 Å². The standard InChI is InChI=1S/C13H25NO2/c1-10(12(2,3)4)14-11(15)13(6-7-13)8-9-16-5/h10H,6-9H2,1-5H3,(H,14,15). The third kappa shape index (κ3) is 3.21. The predicted octanol–water partition coefficient (Wildman–Crippen LogP) is 2.35. The number of hydrogen-bond donors (Lipinski definition) is 1. The minimum Gasteiger partial charge on any atom is -0.385 e. The second-order valence-electron chi connectivity index (χ2n) is 6.08. The average molecular weight is 227 g/mol. The first-order valence-electron chi connectivity index (χ1n) is 6.12. The second kappa shape index (κ2) is 4.74. The molecule has 0 aromatic heterocycles. The van der Waals surface area contributed by atoms with Gasteiger partial charge in [0.05, 0.1) is 5.41 Å². The van der Waals surface area contributed by atoms with Gasteiger partial charge in [-0.25, -0.2) is 0 Å². The molecule has 0 spiro atoms. The van der Waals surface area contributed by atoms with Gasteiger partial charge in [-0.15, -0.1) is 0 Å². The van der Waals surface area contributed by atoms with E-state index in [1.165, 1.54) is 0 Å². The van der Waals surface area contributed by atoms with Crippen LogP contribution in [0.2, 0.25) is 0 Å². The molecule has 0 aromatic rings. The number of nitrogens with one attached hydrogen (secondary N) is 1. The number of ether oxygens (including phenoxy) is 1. The summed E-state index contributed by atoms with van der Waals surface area (Å²) in [5, 5.41) is 3.14. The molecule has 1 fully saturated rings. The van der Waals surface area contributed by atoms with Crippen molar-refractivity contribution in [2.75, 3.05) is 13.7 Å². The molecule has 0 bridgehead atoms. The third-order valence-electron chi connectivity index (χ3n) is 3.77. The van der Waals surface area contributed by atoms with Gasteiger partial charge in [-0.05, 0) is 31.6 Å². The Morgan fingerprint density at radius 3 is 2.38 bits per heavy atom. The molecular weight excluding hydrogens is 202 g/mol. The molecular formula is C13H25NO2. The lowest BCUT2D eigenvalue weighted by Gasteiger charge is -2.29. The molecule has 1 unspecified atom stereocenters. The molecule has 0 radical (unpaired) electrons. The van der Waals surface area contributed by atoms with E-state index in [4.69, 9.17) is 4.74 Å². The average Bonchev–Trinajstić information content (AvgIpc) is 2.94. The molecule has 1 atom stereocenters. The maximum absolute atomic E-state index is 12.1. The quantitative estimate of drug-likeness (QED) is 0.783. The highest BCUT2D eigenvalue weighted by molar-refractivity contribution is 5.85. The largest absolute Gasteiger partial charge is 0.385 e. The molecule has 94 valence electrons. The smallest absolute Gasteiger partial charge is 0.226 e. The maximum atomic E-state index is 12.1. The third-order valence-corrected chi connectivity index (χ3v) is 3.77. The van der Waals surface area contributed by atoms with Gasteiger partial charge in [0, 0.05) is 19.8 Å². The van der Waals surface area contributed by atoms with Crippen LogP contribution in [0.4, 0.5) is 0 Å². The fourth-order valence-corrected chi connectivity index (χ4v) is 1.61. The SMILES string of the molecule is COCCC1(C(=O)NC(C)C(C)(C)C)CC1. The van der Waals surface area contributed by atoms with Gasteiger partial charge in [0.1, 0.15) is 0 Å². The number of rotatable bonds is 5. The van der Waals surface area contributed by atoms with Crippen LogP contribution in [0.25, 0.3) is 0 Å². The molecule has 3 heteroatoms. The first-order valence-corrected chi connectivity index (χ1v) is 6.12. The van der Waals surface area contributed by atoms with Gasteiger partial charge < -0.3 is 10.1 Å². The van der Waals surface area contributed by atoms with Gasteiger partial charge in [-0.2, -0.15) is 0 Å². The lowest BCUT2D eigenvalue weighted by atomic mass is 9.87. The van der Waals surface area contributed by atoms with Crippen LogP contribution in [-0.4, -0.2) is 25.7 Å². The normalized spacial score (nSPS) is 20.3. The molecule has 1 rings (SSSR count). The summed E-state index contributed by atoms with van der Waals surface area (Å²) in [4.78, 5) is 12.1. The van der Waals surface area contributed by atoms with E-state index in [0.717, 1.165) is 19.3 Å². The van der Waals surface area contributed by atoms with Crippen LogP contribution in [-0.2, 0) is 9.53 Å². The molecule has 3 nitrogen and oxygen atoms in total. The molecule has 1 saturated carbocycles. The Balaban J connectivity index is 2.46. The summed E-state index contributed by atoms with van der Waals surface area (Å²) in [6.45, 7) is 9.19. The van der Waals surface area contributed by atoms with Crippen molar-refractivity contribution in [3.05, 3.63) is 0 Å². The molecule has 0 aliphatic heterocycles. The van der Waals surface area contributed by atoms with E-state index in [1.54, 1.807) is 7.11 Å². The summed E-state index contributed by atoms with van der Waals surface area (Å²) in [7, 11) is 1.69. The van der Waals surface area contributed by atoms with Crippen LogP contribution < -0.4 is 5.32 Å². The summed E-state index contributed by atoms with van der Waals surface area (Å²) < 4.78 is 5.06. The highest BCUT2D eigenvalue weighted by atomic mass is 16.5. The summed E-state index contributed by atoms with van der Waals surface area (Å²) in [6.07, 6.45) is 2.88. The molecule has 1 aliphatic carbocycles. The number of methoxy groups -OCH3 is 1. The van der Waals surface area contributed by atoms with Crippen molar-refractivity contribution >= 4 is 5.91 Å². The summed E-state index contributed by atoms with van der Waals surface area (Å²) in [6, 6.07) is 0.208. The monoisotopic (exact) mass is 227 g/mol. The molecule has 0 aromatic carbocycles. The van der Waals surface area contributed by atoms with Crippen LogP contribution in [0.1, 0.15) is 47.0 Å². The van der Waals surface area contributed by atoms with E-state index in [0.29, 0.717) is 6.61 Å². The Kier molecular flexibility index (Phi) is 4.00. The zero-order valence-electron chi connectivity index (χ0n) is 11.2. The zero-order valence-corrected chi connectivity index (χ0v) is 11.2. The fraction of sp³-hybridized carbons (Fsp3) is 0.923. The lowest BCUT2D eigenvalue weighted by molar-refractivity contribution is -0.128. The van der Waals surface area contributed by atoms with Crippen LogP contribution in [0.5, 0.6) is 0 Å². The highest BCUT2D eigenvalue weighted by Crippen LogP contribution is 2.49. The topological polar surface area (TPSA) is 38.3 Å². The summed E-state index contributed by atoms with van der Waals surface area (Å²) in [5.41, 5.74) is 0.00250. The zero-order chi connectivity index (χ0) is 12.4. The first-order chi connectivity index (χ1) is 7.32. The molecule has 16 heavy (non-hydrogen) atoms. The Hall–Kier alpha value is -0.570. The molecule has 1 aliphatic rings. The van der Waals surface area contributed by atoms with Crippen molar-refractivity contribution in [3.8, 4) is 0 Å². The molecule has 1 N–H and O–H groups in total. The van der Waals surface area contributed by atoms with E-state index in [1.807, 2.05) is 0 Å². The van der Waals surface area contributed by atoms with Gasteiger partial charge in [-0.1, -0.05) is 20.8 Å². The van der Waals surface area contributed by atoms with E-state index in [9.17, 15) is 4.79 Å². The van der Waals surface area contributed by atoms with Crippen LogP contribution in [0, 0.1) is 10.8 Å². The minimum absolute atomic E-state index is 0.116. The first kappa shape index (κ1) is 13.5. The number of carbonyl (C=O) groups excluding carboxylic acids is 1. The Bertz CT molecular complexity index is 251. The van der Waals surface area contributed by atoms with Crippen molar-refractivity contribution in [1.29, 1.82) is 0 Å². The van der Waals surface area contributed by atoms with Gasteiger partial charge in [-0.3, -0.25) is 4.79 Å². The van der Waals surface area contributed by atoms with Gasteiger partial charge in [0.25, 0.3) is 0 Å². The highest BCUT2D eigenvalue weighted by Gasteiger charge is 2.49. The van der Waals surface area contributed by atoms with Crippen molar-refractivity contribution in [2.45, 2.75) is 53.0 Å². The van der Waals surface area contributed by atoms with Crippen LogP contribution >= 0.6 is 0 Å². The Labute approximate surface area is 98.9 Å². The molecule has 0 saturated heterocycles. The number of amides is 1. The maximum Gasteiger partial charge on any atom is 0.226 e. The van der Waals surface area contributed by atoms with Crippen molar-refractivity contribution < 1.29 is 9.53 Å². The lowest BCUT2D eigenvalue weighted by Crippen LogP contribution is -2.45. The van der Waals surface area contributed by atoms with E-state index < -0.39 is 0 Å². The van der Waals surface area contributed by atoms with Crippen LogP contribution in [0.3, 0.4) is 0 Å². The van der Waals surface area contributed by atoms with Gasteiger partial charge in [0.15, 0.2) is 0 Å². The summed E-state index contributed by atoms with van der Waals surface area (Å²) in [5.74, 6) is 0.215. The van der Waals surface area contributed by atoms with Crippen molar-refractivity contribution in [1.82, 2.24) is 5.32 Å². The summed E-state index contributed by atoms with van der Waals surface area (Å²) >= 11 is 0. The Morgan fingerprint density at radius 2 is 2.00 bits per heavy atom. The molecule has 1 amide bonds. The van der Waals surface area contributed by atoms with Gasteiger partial charge in [0.2, 0.25) is 5.91 Å². The Morgan fingerprint density at radius 1 is 1.44 bits per heavy atom. The predicted molar refractivity (Wildman–Crippen MR) is 65.2 cm³/mol. The molecule has 0 heterocycles. The van der Waals surface area contributed by atoms with E-state index >= 15 is 0 Å². The number of hydrogen-bond acceptors (Lipinski definition) is 2. The minimum atomic E-state index is -0.116. The van der Waals surface area contributed by atoms with Crippen molar-refractivity contribution in [2.24, 2.45) is 10.8 Å². The van der Waals surface area contributed by atoms with E-state index in [-0.39, 0.29) is 22.8 Å². The second-order valence-corrected chi connectivity index (χ2v) is 6.08. The van der Waals surface area contributed by atoms with E-state index in [2.05, 4.69) is 33.0 Å².